The Morgan fingerprint density at radius 2 is 1.96 bits per heavy atom. The molecule has 1 saturated heterocycles. The summed E-state index contributed by atoms with van der Waals surface area (Å²) in [6.07, 6.45) is 7.53. The second-order valence-electron chi connectivity index (χ2n) is 7.12. The van der Waals surface area contributed by atoms with E-state index in [2.05, 4.69) is 15.2 Å². The van der Waals surface area contributed by atoms with Crippen LogP contribution in [0.15, 0.2) is 5.16 Å². The van der Waals surface area contributed by atoms with Crippen LogP contribution >= 0.6 is 11.8 Å². The number of thioether (sulfide) groups is 1. The second-order valence-corrected chi connectivity index (χ2v) is 8.06. The molecule has 0 aromatic carbocycles. The number of nitrogens with zero attached hydrogens (tertiary/aromatic N) is 3. The molecular weight excluding hydrogens is 352 g/mol. The Labute approximate surface area is 158 Å². The molecule has 8 heteroatoms. The fourth-order valence-electron chi connectivity index (χ4n) is 3.76. The van der Waals surface area contributed by atoms with E-state index >= 15 is 0 Å². The monoisotopic (exact) mass is 380 g/mol. The quantitative estimate of drug-likeness (QED) is 0.577. The molecule has 0 atom stereocenters. The van der Waals surface area contributed by atoms with Gasteiger partial charge in [-0.2, -0.15) is 0 Å². The lowest BCUT2D eigenvalue weighted by Crippen LogP contribution is -2.41. The predicted octanol–water partition coefficient (Wildman–Crippen LogP) is 2.43. The topological polar surface area (TPSA) is 88.2 Å². The third-order valence-corrected chi connectivity index (χ3v) is 6.09. The first-order valence-electron chi connectivity index (χ1n) is 9.64. The molecule has 0 bridgehead atoms. The number of likely N-dealkylation sites (tertiary alicyclic amines) is 1. The van der Waals surface area contributed by atoms with Crippen LogP contribution in [-0.4, -0.2) is 57.4 Å². The number of H-pyrrole nitrogens is 1. The van der Waals surface area contributed by atoms with E-state index in [1.165, 1.54) is 37.4 Å². The van der Waals surface area contributed by atoms with Crippen molar-refractivity contribution < 1.29 is 14.3 Å². The first-order chi connectivity index (χ1) is 12.7. The van der Waals surface area contributed by atoms with Crippen molar-refractivity contribution in [3.8, 4) is 0 Å². The molecule has 1 amide bonds. The first kappa shape index (κ1) is 19.2. The van der Waals surface area contributed by atoms with Crippen LogP contribution in [0.25, 0.3) is 0 Å². The largest absolute Gasteiger partial charge is 0.466 e. The van der Waals surface area contributed by atoms with E-state index in [-0.39, 0.29) is 17.8 Å². The summed E-state index contributed by atoms with van der Waals surface area (Å²) >= 11 is 1.38. The van der Waals surface area contributed by atoms with Crippen LogP contribution in [0, 0.1) is 11.8 Å². The minimum Gasteiger partial charge on any atom is -0.466 e. The number of carbonyl (C=O) groups is 2. The lowest BCUT2D eigenvalue weighted by atomic mass is 9.97. The van der Waals surface area contributed by atoms with Gasteiger partial charge >= 0.3 is 5.97 Å². The number of nitrogens with one attached hydrogen (secondary N) is 1. The number of aromatic amines is 1. The van der Waals surface area contributed by atoms with Crippen molar-refractivity contribution in [3.05, 3.63) is 5.82 Å². The van der Waals surface area contributed by atoms with Crippen LogP contribution in [-0.2, 0) is 20.7 Å². The minimum atomic E-state index is -0.135. The zero-order chi connectivity index (χ0) is 18.4. The molecule has 1 aromatic rings. The smallest absolute Gasteiger partial charge is 0.309 e. The van der Waals surface area contributed by atoms with Crippen molar-refractivity contribution in [2.45, 2.75) is 57.0 Å². The van der Waals surface area contributed by atoms with Gasteiger partial charge in [0.05, 0.1) is 18.3 Å². The van der Waals surface area contributed by atoms with Crippen LogP contribution < -0.4 is 0 Å². The Morgan fingerprint density at radius 1 is 1.23 bits per heavy atom. The van der Waals surface area contributed by atoms with Crippen LogP contribution in [0.3, 0.4) is 0 Å². The molecular formula is C18H28N4O3S. The van der Waals surface area contributed by atoms with E-state index in [0.29, 0.717) is 43.4 Å². The highest BCUT2D eigenvalue weighted by Crippen LogP contribution is 2.27. The highest BCUT2D eigenvalue weighted by molar-refractivity contribution is 7.99. The number of amides is 1. The van der Waals surface area contributed by atoms with Gasteiger partial charge in [-0.25, -0.2) is 4.98 Å². The van der Waals surface area contributed by atoms with Crippen LogP contribution in [0.4, 0.5) is 0 Å². The zero-order valence-electron chi connectivity index (χ0n) is 15.4. The average molecular weight is 381 g/mol. The van der Waals surface area contributed by atoms with E-state index in [0.717, 1.165) is 18.2 Å². The highest BCUT2D eigenvalue weighted by Gasteiger charge is 2.28. The number of carbonyl (C=O) groups excluding carboxylic acids is 2. The normalized spacial score (nSPS) is 19.0. The third kappa shape index (κ3) is 5.22. The van der Waals surface area contributed by atoms with Gasteiger partial charge in [-0.15, -0.1) is 5.10 Å². The summed E-state index contributed by atoms with van der Waals surface area (Å²) in [5.74, 6) is 1.87. The summed E-state index contributed by atoms with van der Waals surface area (Å²) in [6.45, 7) is 3.46. The summed E-state index contributed by atoms with van der Waals surface area (Å²) in [4.78, 5) is 30.5. The Hall–Kier alpha value is -1.57. The van der Waals surface area contributed by atoms with Crippen molar-refractivity contribution in [2.24, 2.45) is 11.8 Å². The summed E-state index contributed by atoms with van der Waals surface area (Å²) < 4.78 is 5.07. The second kappa shape index (κ2) is 9.39. The average Bonchev–Trinajstić information content (AvgIpc) is 3.32. The summed E-state index contributed by atoms with van der Waals surface area (Å²) in [7, 11) is 0. The molecule has 26 heavy (non-hydrogen) atoms. The van der Waals surface area contributed by atoms with Crippen molar-refractivity contribution >= 4 is 23.6 Å². The molecule has 2 heterocycles. The lowest BCUT2D eigenvalue weighted by Gasteiger charge is -2.30. The van der Waals surface area contributed by atoms with E-state index in [9.17, 15) is 9.59 Å². The molecule has 1 N–H and O–H groups in total. The number of ether oxygens (including phenoxy) is 1. The fraction of sp³-hybridized carbons (Fsp3) is 0.778. The number of piperidine rings is 1. The molecule has 1 aromatic heterocycles. The minimum absolute atomic E-state index is 0.0715. The summed E-state index contributed by atoms with van der Waals surface area (Å²) in [5.41, 5.74) is 0. The standard InChI is InChI=1S/C18H28N4O3S/c1-2-25-17(24)14-7-9-22(10-8-14)16(23)12-26-18-19-15(20-21-18)11-13-5-3-4-6-13/h13-14H,2-12H2,1H3,(H,19,20,21). The molecule has 2 fully saturated rings. The fourth-order valence-corrected chi connectivity index (χ4v) is 4.48. The number of rotatable bonds is 7. The van der Waals surface area contributed by atoms with Gasteiger partial charge in [-0.05, 0) is 25.7 Å². The number of hydrogen-bond acceptors (Lipinski definition) is 6. The molecule has 144 valence electrons. The highest BCUT2D eigenvalue weighted by atomic mass is 32.2. The molecule has 0 spiro atoms. The van der Waals surface area contributed by atoms with E-state index in [4.69, 9.17) is 4.74 Å². The molecule has 0 unspecified atom stereocenters. The SMILES string of the molecule is CCOC(=O)C1CCN(C(=O)CSc2n[nH]c(CC3CCCC3)n2)CC1. The zero-order valence-corrected chi connectivity index (χ0v) is 16.2. The van der Waals surface area contributed by atoms with Gasteiger partial charge in [0.1, 0.15) is 5.82 Å². The molecule has 1 aliphatic carbocycles. The maximum absolute atomic E-state index is 12.4. The van der Waals surface area contributed by atoms with Crippen LogP contribution in [0.5, 0.6) is 0 Å². The van der Waals surface area contributed by atoms with E-state index in [1.807, 2.05) is 11.8 Å². The number of hydrogen-bond donors (Lipinski definition) is 1. The number of aromatic nitrogens is 3. The molecule has 3 rings (SSSR count). The first-order valence-corrected chi connectivity index (χ1v) is 10.6. The van der Waals surface area contributed by atoms with Gasteiger partial charge in [0, 0.05) is 19.5 Å². The predicted molar refractivity (Wildman–Crippen MR) is 98.7 cm³/mol. The van der Waals surface area contributed by atoms with Gasteiger partial charge in [0.25, 0.3) is 0 Å². The molecule has 1 aliphatic heterocycles. The molecule has 2 aliphatic rings. The van der Waals surface area contributed by atoms with Crippen LogP contribution in [0.1, 0.15) is 51.3 Å². The molecule has 1 saturated carbocycles. The van der Waals surface area contributed by atoms with Crippen LogP contribution in [0.2, 0.25) is 0 Å². The summed E-state index contributed by atoms with van der Waals surface area (Å²) in [5, 5.41) is 7.88. The lowest BCUT2D eigenvalue weighted by molar-refractivity contribution is -0.151. The Bertz CT molecular complexity index is 607. The van der Waals surface area contributed by atoms with Gasteiger partial charge in [-0.3, -0.25) is 14.7 Å². The Morgan fingerprint density at radius 3 is 2.65 bits per heavy atom. The van der Waals surface area contributed by atoms with Gasteiger partial charge in [-0.1, -0.05) is 37.4 Å². The van der Waals surface area contributed by atoms with Gasteiger partial charge in [0.2, 0.25) is 11.1 Å². The maximum Gasteiger partial charge on any atom is 0.309 e. The van der Waals surface area contributed by atoms with Crippen molar-refractivity contribution in [2.75, 3.05) is 25.4 Å². The van der Waals surface area contributed by atoms with Crippen molar-refractivity contribution in [3.63, 3.8) is 0 Å². The third-order valence-electron chi connectivity index (χ3n) is 5.26. The number of esters is 1. The summed E-state index contributed by atoms with van der Waals surface area (Å²) in [6, 6.07) is 0. The van der Waals surface area contributed by atoms with E-state index < -0.39 is 0 Å². The van der Waals surface area contributed by atoms with Gasteiger partial charge < -0.3 is 9.64 Å². The van der Waals surface area contributed by atoms with Gasteiger partial charge in [0.15, 0.2) is 0 Å². The molecule has 7 nitrogen and oxygen atoms in total. The van der Waals surface area contributed by atoms with Crippen molar-refractivity contribution in [1.82, 2.24) is 20.1 Å². The maximum atomic E-state index is 12.4. The Kier molecular flexibility index (Phi) is 6.93. The van der Waals surface area contributed by atoms with Crippen molar-refractivity contribution in [1.29, 1.82) is 0 Å². The Balaban J connectivity index is 1.39. The van der Waals surface area contributed by atoms with E-state index in [1.54, 1.807) is 0 Å². The molecule has 0 radical (unpaired) electrons.